The fraction of sp³-hybridized carbons (Fsp3) is 0.125. The van der Waals surface area contributed by atoms with Crippen molar-refractivity contribution in [1.29, 1.82) is 0 Å². The molecule has 0 fully saturated rings. The lowest BCUT2D eigenvalue weighted by molar-refractivity contribution is -0.132. The van der Waals surface area contributed by atoms with E-state index in [9.17, 15) is 9.90 Å². The van der Waals surface area contributed by atoms with Gasteiger partial charge >= 0.3 is 0 Å². The number of nitrogens with zero attached hydrogens (tertiary/aromatic N) is 1. The Kier molecular flexibility index (Phi) is 3.64. The summed E-state index contributed by atoms with van der Waals surface area (Å²) in [5.41, 5.74) is 3.34. The highest BCUT2D eigenvalue weighted by molar-refractivity contribution is 6.11. The number of aromatic amines is 1. The maximum absolute atomic E-state index is 13.6. The number of aromatic nitrogens is 1. The molecule has 4 heteroatoms. The molecule has 1 aliphatic heterocycles. The minimum atomic E-state index is -1.71. The molecule has 28 heavy (non-hydrogen) atoms. The van der Waals surface area contributed by atoms with Gasteiger partial charge in [0.15, 0.2) is 5.60 Å². The van der Waals surface area contributed by atoms with Gasteiger partial charge in [-0.1, -0.05) is 60.7 Å². The zero-order valence-electron chi connectivity index (χ0n) is 15.5. The van der Waals surface area contributed by atoms with Crippen LogP contribution in [0.4, 0.5) is 5.69 Å². The number of anilines is 1. The second-order valence-electron chi connectivity index (χ2n) is 7.29. The maximum Gasteiger partial charge on any atom is 0.268 e. The molecule has 1 atom stereocenters. The fourth-order valence-electron chi connectivity index (χ4n) is 4.18. The van der Waals surface area contributed by atoms with Crippen molar-refractivity contribution in [2.75, 3.05) is 4.90 Å². The molecule has 138 valence electrons. The fourth-order valence-corrected chi connectivity index (χ4v) is 4.18. The zero-order valence-corrected chi connectivity index (χ0v) is 15.5. The van der Waals surface area contributed by atoms with Gasteiger partial charge in [0.1, 0.15) is 0 Å². The number of H-pyrrole nitrogens is 1. The van der Waals surface area contributed by atoms with Crippen LogP contribution in [0.5, 0.6) is 0 Å². The van der Waals surface area contributed by atoms with Crippen LogP contribution in [0.3, 0.4) is 0 Å². The first-order valence-corrected chi connectivity index (χ1v) is 9.35. The predicted octanol–water partition coefficient (Wildman–Crippen LogP) is 4.26. The van der Waals surface area contributed by atoms with Crippen LogP contribution < -0.4 is 4.90 Å². The molecule has 0 radical (unpaired) electrons. The number of fused-ring (bicyclic) bond motifs is 2. The highest BCUT2D eigenvalue weighted by atomic mass is 16.3. The quantitative estimate of drug-likeness (QED) is 0.568. The van der Waals surface area contributed by atoms with Gasteiger partial charge in [0.25, 0.3) is 5.91 Å². The van der Waals surface area contributed by atoms with E-state index in [-0.39, 0.29) is 5.91 Å². The minimum Gasteiger partial charge on any atom is -0.372 e. The lowest BCUT2D eigenvalue weighted by atomic mass is 9.87. The third-order valence-corrected chi connectivity index (χ3v) is 5.71. The van der Waals surface area contributed by atoms with Crippen molar-refractivity contribution in [3.63, 3.8) is 0 Å². The van der Waals surface area contributed by atoms with E-state index in [1.54, 1.807) is 11.1 Å². The summed E-state index contributed by atoms with van der Waals surface area (Å²) in [6.07, 6.45) is 1.75. The van der Waals surface area contributed by atoms with Crippen LogP contribution in [0.1, 0.15) is 22.3 Å². The monoisotopic (exact) mass is 368 g/mol. The van der Waals surface area contributed by atoms with Crippen LogP contribution in [-0.4, -0.2) is 16.0 Å². The largest absolute Gasteiger partial charge is 0.372 e. The van der Waals surface area contributed by atoms with Gasteiger partial charge in [-0.2, -0.15) is 0 Å². The van der Waals surface area contributed by atoms with Crippen LogP contribution in [0.2, 0.25) is 0 Å². The molecule has 1 unspecified atom stereocenters. The van der Waals surface area contributed by atoms with Crippen molar-refractivity contribution in [2.45, 2.75) is 19.1 Å². The second-order valence-corrected chi connectivity index (χ2v) is 7.29. The molecule has 1 amide bonds. The molecule has 3 aromatic carbocycles. The predicted molar refractivity (Wildman–Crippen MR) is 110 cm³/mol. The first-order chi connectivity index (χ1) is 13.6. The second kappa shape index (κ2) is 6.08. The number of benzene rings is 3. The van der Waals surface area contributed by atoms with Crippen molar-refractivity contribution in [1.82, 2.24) is 4.98 Å². The van der Waals surface area contributed by atoms with Crippen molar-refractivity contribution in [2.24, 2.45) is 0 Å². The topological polar surface area (TPSA) is 56.3 Å². The van der Waals surface area contributed by atoms with Gasteiger partial charge < -0.3 is 15.0 Å². The first-order valence-electron chi connectivity index (χ1n) is 9.35. The van der Waals surface area contributed by atoms with E-state index in [2.05, 4.69) is 4.98 Å². The van der Waals surface area contributed by atoms with Crippen molar-refractivity contribution in [3.8, 4) is 0 Å². The molecule has 0 saturated carbocycles. The number of amides is 1. The maximum atomic E-state index is 13.6. The minimum absolute atomic E-state index is 0.318. The SMILES string of the molecule is Cc1ccccc1CN1C(=O)C(O)(c2c[nH]c3ccccc23)c2ccccc21. The molecule has 0 saturated heterocycles. The van der Waals surface area contributed by atoms with Crippen molar-refractivity contribution >= 4 is 22.5 Å². The van der Waals surface area contributed by atoms with Gasteiger partial charge in [-0.15, -0.1) is 0 Å². The normalized spacial score (nSPS) is 18.6. The molecule has 4 aromatic rings. The lowest BCUT2D eigenvalue weighted by Gasteiger charge is -2.23. The Morgan fingerprint density at radius 3 is 2.50 bits per heavy atom. The number of nitrogens with one attached hydrogen (secondary N) is 1. The molecule has 0 aliphatic carbocycles. The molecule has 0 bridgehead atoms. The van der Waals surface area contributed by atoms with E-state index in [0.29, 0.717) is 17.7 Å². The average Bonchev–Trinajstić information content (AvgIpc) is 3.24. The highest BCUT2D eigenvalue weighted by Crippen LogP contribution is 2.46. The van der Waals surface area contributed by atoms with E-state index in [0.717, 1.165) is 27.7 Å². The van der Waals surface area contributed by atoms with E-state index in [4.69, 9.17) is 0 Å². The summed E-state index contributed by atoms with van der Waals surface area (Å²) in [6, 6.07) is 23.2. The summed E-state index contributed by atoms with van der Waals surface area (Å²) < 4.78 is 0. The van der Waals surface area contributed by atoms with Crippen molar-refractivity contribution in [3.05, 3.63) is 101 Å². The third-order valence-electron chi connectivity index (χ3n) is 5.71. The number of rotatable bonds is 3. The first kappa shape index (κ1) is 16.8. The molecule has 1 aromatic heterocycles. The number of aliphatic hydroxyl groups is 1. The molecule has 4 nitrogen and oxygen atoms in total. The summed E-state index contributed by atoms with van der Waals surface area (Å²) in [4.78, 5) is 18.5. The summed E-state index contributed by atoms with van der Waals surface area (Å²) in [6.45, 7) is 2.46. The molecular formula is C24H20N2O2. The Hall–Kier alpha value is -3.37. The molecule has 2 N–H and O–H groups in total. The van der Waals surface area contributed by atoms with E-state index >= 15 is 0 Å². The Labute approximate surface area is 163 Å². The summed E-state index contributed by atoms with van der Waals surface area (Å²) in [5, 5.41) is 12.6. The molecular weight excluding hydrogens is 348 g/mol. The van der Waals surface area contributed by atoms with Gasteiger partial charge in [0.2, 0.25) is 0 Å². The lowest BCUT2D eigenvalue weighted by Crippen LogP contribution is -2.40. The van der Waals surface area contributed by atoms with Gasteiger partial charge in [0, 0.05) is 28.2 Å². The summed E-state index contributed by atoms with van der Waals surface area (Å²) >= 11 is 0. The summed E-state index contributed by atoms with van der Waals surface area (Å²) in [7, 11) is 0. The average molecular weight is 368 g/mol. The van der Waals surface area contributed by atoms with Gasteiger partial charge in [-0.3, -0.25) is 4.79 Å². The number of para-hydroxylation sites is 2. The van der Waals surface area contributed by atoms with Gasteiger partial charge in [-0.05, 0) is 30.2 Å². The van der Waals surface area contributed by atoms with E-state index in [1.807, 2.05) is 79.7 Å². The Morgan fingerprint density at radius 2 is 1.64 bits per heavy atom. The Morgan fingerprint density at radius 1 is 0.929 bits per heavy atom. The van der Waals surface area contributed by atoms with E-state index < -0.39 is 5.60 Å². The van der Waals surface area contributed by atoms with Gasteiger partial charge in [0.05, 0.1) is 12.2 Å². The van der Waals surface area contributed by atoms with Crippen LogP contribution in [0.25, 0.3) is 10.9 Å². The number of carbonyl (C=O) groups excluding carboxylic acids is 1. The molecule has 1 aliphatic rings. The number of hydrogen-bond acceptors (Lipinski definition) is 2. The number of aryl methyl sites for hydroxylation is 1. The smallest absolute Gasteiger partial charge is 0.268 e. The van der Waals surface area contributed by atoms with Crippen molar-refractivity contribution < 1.29 is 9.90 Å². The van der Waals surface area contributed by atoms with E-state index in [1.165, 1.54) is 0 Å². The van der Waals surface area contributed by atoms with Crippen LogP contribution in [0, 0.1) is 6.92 Å². The molecule has 0 spiro atoms. The molecule has 2 heterocycles. The van der Waals surface area contributed by atoms with Gasteiger partial charge in [-0.25, -0.2) is 0 Å². The Balaban J connectivity index is 1.68. The van der Waals surface area contributed by atoms with Crippen LogP contribution >= 0.6 is 0 Å². The van der Waals surface area contributed by atoms with Crippen LogP contribution in [0.15, 0.2) is 79.0 Å². The number of hydrogen-bond donors (Lipinski definition) is 2. The standard InChI is InChI=1S/C24H20N2O2/c1-16-8-2-3-9-17(16)15-26-22-13-7-5-11-19(22)24(28,23(26)27)20-14-25-21-12-6-4-10-18(20)21/h2-14,25,28H,15H2,1H3. The number of carbonyl (C=O) groups is 1. The summed E-state index contributed by atoms with van der Waals surface area (Å²) in [5.74, 6) is -0.318. The third kappa shape index (κ3) is 2.25. The molecule has 5 rings (SSSR count). The Bertz CT molecular complexity index is 1210. The van der Waals surface area contributed by atoms with Crippen LogP contribution in [-0.2, 0) is 16.9 Å². The zero-order chi connectivity index (χ0) is 19.3. The highest BCUT2D eigenvalue weighted by Gasteiger charge is 2.52.